The Kier molecular flexibility index (Phi) is 5.06. The van der Waals surface area contributed by atoms with Crippen molar-refractivity contribution in [2.24, 2.45) is 5.92 Å². The molecule has 126 valence electrons. The molecule has 1 aliphatic carbocycles. The molecule has 5 heteroatoms. The maximum Gasteiger partial charge on any atom is 0.224 e. The first kappa shape index (κ1) is 16.1. The molecule has 1 saturated heterocycles. The van der Waals surface area contributed by atoms with Gasteiger partial charge >= 0.3 is 0 Å². The number of ether oxygens (including phenoxy) is 2. The Bertz CT molecular complexity index is 535. The molecule has 1 unspecified atom stereocenters. The fourth-order valence-corrected chi connectivity index (χ4v) is 3.18. The summed E-state index contributed by atoms with van der Waals surface area (Å²) in [5.41, 5.74) is 1.16. The standard InChI is InChI=1S/C18H26N2O3/c1-22-16-8-13(9-17(10-16)23-2)11-20-7-3-4-14(12-20)18(21)19-15-5-6-15/h8-10,14-15H,3-7,11-12H2,1-2H3,(H,19,21). The Labute approximate surface area is 137 Å². The maximum absolute atomic E-state index is 12.3. The number of likely N-dealkylation sites (tertiary alicyclic amines) is 1. The topological polar surface area (TPSA) is 50.8 Å². The Morgan fingerprint density at radius 3 is 2.48 bits per heavy atom. The van der Waals surface area contributed by atoms with Crippen molar-refractivity contribution in [2.75, 3.05) is 27.3 Å². The number of piperidine rings is 1. The second-order valence-corrected chi connectivity index (χ2v) is 6.58. The van der Waals surface area contributed by atoms with Crippen molar-refractivity contribution in [2.45, 2.75) is 38.3 Å². The first-order valence-corrected chi connectivity index (χ1v) is 8.42. The van der Waals surface area contributed by atoms with Crippen molar-refractivity contribution in [1.29, 1.82) is 0 Å². The number of nitrogens with zero attached hydrogens (tertiary/aromatic N) is 1. The van der Waals surface area contributed by atoms with Gasteiger partial charge in [-0.25, -0.2) is 0 Å². The van der Waals surface area contributed by atoms with Crippen LogP contribution in [-0.4, -0.2) is 44.2 Å². The van der Waals surface area contributed by atoms with E-state index in [0.717, 1.165) is 62.4 Å². The van der Waals surface area contributed by atoms with Crippen molar-refractivity contribution in [3.63, 3.8) is 0 Å². The van der Waals surface area contributed by atoms with Gasteiger partial charge in [-0.05, 0) is 49.9 Å². The van der Waals surface area contributed by atoms with Gasteiger partial charge in [0.25, 0.3) is 0 Å². The van der Waals surface area contributed by atoms with Crippen LogP contribution in [0.4, 0.5) is 0 Å². The minimum absolute atomic E-state index is 0.122. The van der Waals surface area contributed by atoms with Gasteiger partial charge in [0, 0.05) is 25.2 Å². The summed E-state index contributed by atoms with van der Waals surface area (Å²) in [4.78, 5) is 14.6. The molecule has 0 radical (unpaired) electrons. The summed E-state index contributed by atoms with van der Waals surface area (Å²) < 4.78 is 10.7. The molecule has 0 bridgehead atoms. The van der Waals surface area contributed by atoms with Crippen LogP contribution in [0.3, 0.4) is 0 Å². The number of methoxy groups -OCH3 is 2. The van der Waals surface area contributed by atoms with Crippen LogP contribution in [0.1, 0.15) is 31.2 Å². The molecule has 1 aliphatic heterocycles. The fraction of sp³-hybridized carbons (Fsp3) is 0.611. The van der Waals surface area contributed by atoms with E-state index in [4.69, 9.17) is 9.47 Å². The van der Waals surface area contributed by atoms with Gasteiger partial charge in [-0.1, -0.05) is 0 Å². The lowest BCUT2D eigenvalue weighted by Crippen LogP contribution is -2.43. The molecule has 23 heavy (non-hydrogen) atoms. The Morgan fingerprint density at radius 2 is 1.87 bits per heavy atom. The van der Waals surface area contributed by atoms with E-state index in [-0.39, 0.29) is 11.8 Å². The number of carbonyl (C=O) groups excluding carboxylic acids is 1. The molecule has 5 nitrogen and oxygen atoms in total. The first-order chi connectivity index (χ1) is 11.2. The highest BCUT2D eigenvalue weighted by molar-refractivity contribution is 5.79. The predicted molar refractivity (Wildman–Crippen MR) is 88.7 cm³/mol. The molecule has 1 aromatic rings. The average molecular weight is 318 g/mol. The maximum atomic E-state index is 12.3. The Morgan fingerprint density at radius 1 is 1.17 bits per heavy atom. The minimum atomic E-state index is 0.122. The van der Waals surface area contributed by atoms with Gasteiger partial charge in [-0.3, -0.25) is 9.69 Å². The highest BCUT2D eigenvalue weighted by atomic mass is 16.5. The van der Waals surface area contributed by atoms with E-state index in [9.17, 15) is 4.79 Å². The van der Waals surface area contributed by atoms with Crippen LogP contribution in [0.5, 0.6) is 11.5 Å². The molecular weight excluding hydrogens is 292 g/mol. The molecule has 1 N–H and O–H groups in total. The van der Waals surface area contributed by atoms with E-state index >= 15 is 0 Å². The van der Waals surface area contributed by atoms with Crippen LogP contribution < -0.4 is 14.8 Å². The van der Waals surface area contributed by atoms with Gasteiger partial charge in [0.15, 0.2) is 0 Å². The van der Waals surface area contributed by atoms with Gasteiger partial charge in [-0.15, -0.1) is 0 Å². The van der Waals surface area contributed by atoms with Crippen molar-refractivity contribution in [3.05, 3.63) is 23.8 Å². The molecule has 0 spiro atoms. The molecule has 1 heterocycles. The van der Waals surface area contributed by atoms with E-state index in [1.807, 2.05) is 18.2 Å². The molecule has 1 aromatic carbocycles. The molecule has 1 atom stereocenters. The summed E-state index contributed by atoms with van der Waals surface area (Å²) >= 11 is 0. The zero-order valence-electron chi connectivity index (χ0n) is 14.0. The van der Waals surface area contributed by atoms with Gasteiger partial charge in [0.05, 0.1) is 20.1 Å². The lowest BCUT2D eigenvalue weighted by molar-refractivity contribution is -0.126. The average Bonchev–Trinajstić information content (AvgIpc) is 3.38. The van der Waals surface area contributed by atoms with Gasteiger partial charge in [-0.2, -0.15) is 0 Å². The number of rotatable bonds is 6. The van der Waals surface area contributed by atoms with Gasteiger partial charge in [0.1, 0.15) is 11.5 Å². The highest BCUT2D eigenvalue weighted by Crippen LogP contribution is 2.26. The van der Waals surface area contributed by atoms with Crippen LogP contribution in [0.15, 0.2) is 18.2 Å². The van der Waals surface area contributed by atoms with E-state index in [2.05, 4.69) is 10.2 Å². The molecule has 1 saturated carbocycles. The molecule has 0 aromatic heterocycles. The van der Waals surface area contributed by atoms with Crippen LogP contribution in [-0.2, 0) is 11.3 Å². The Balaban J connectivity index is 1.61. The van der Waals surface area contributed by atoms with E-state index < -0.39 is 0 Å². The van der Waals surface area contributed by atoms with Crippen molar-refractivity contribution < 1.29 is 14.3 Å². The van der Waals surface area contributed by atoms with Crippen molar-refractivity contribution >= 4 is 5.91 Å². The van der Waals surface area contributed by atoms with Crippen molar-refractivity contribution in [1.82, 2.24) is 10.2 Å². The predicted octanol–water partition coefficient (Wildman–Crippen LogP) is 2.19. The monoisotopic (exact) mass is 318 g/mol. The minimum Gasteiger partial charge on any atom is -0.497 e. The molecule has 2 aliphatic rings. The fourth-order valence-electron chi connectivity index (χ4n) is 3.18. The van der Waals surface area contributed by atoms with Gasteiger partial charge < -0.3 is 14.8 Å². The smallest absolute Gasteiger partial charge is 0.224 e. The molecule has 3 rings (SSSR count). The number of nitrogens with one attached hydrogen (secondary N) is 1. The number of carbonyl (C=O) groups is 1. The molecule has 1 amide bonds. The van der Waals surface area contributed by atoms with E-state index in [1.165, 1.54) is 0 Å². The SMILES string of the molecule is COc1cc(CN2CCCC(C(=O)NC3CC3)C2)cc(OC)c1. The lowest BCUT2D eigenvalue weighted by atomic mass is 9.96. The van der Waals surface area contributed by atoms with Gasteiger partial charge in [0.2, 0.25) is 5.91 Å². The number of amides is 1. The second kappa shape index (κ2) is 7.21. The summed E-state index contributed by atoms with van der Waals surface area (Å²) in [5.74, 6) is 1.97. The summed E-state index contributed by atoms with van der Waals surface area (Å²) in [5, 5.41) is 3.14. The van der Waals surface area contributed by atoms with Crippen LogP contribution in [0, 0.1) is 5.92 Å². The van der Waals surface area contributed by atoms with Crippen molar-refractivity contribution in [3.8, 4) is 11.5 Å². The first-order valence-electron chi connectivity index (χ1n) is 8.42. The summed E-state index contributed by atoms with van der Waals surface area (Å²) in [6, 6.07) is 6.40. The summed E-state index contributed by atoms with van der Waals surface area (Å²) in [6.45, 7) is 2.69. The van der Waals surface area contributed by atoms with Crippen LogP contribution >= 0.6 is 0 Å². The normalized spacial score (nSPS) is 21.7. The molecular formula is C18H26N2O3. The number of hydrogen-bond acceptors (Lipinski definition) is 4. The zero-order chi connectivity index (χ0) is 16.2. The Hall–Kier alpha value is -1.75. The third-order valence-electron chi connectivity index (χ3n) is 4.62. The number of benzene rings is 1. The number of hydrogen-bond donors (Lipinski definition) is 1. The third kappa shape index (κ3) is 4.38. The van der Waals surface area contributed by atoms with Crippen LogP contribution in [0.2, 0.25) is 0 Å². The lowest BCUT2D eigenvalue weighted by Gasteiger charge is -2.32. The zero-order valence-corrected chi connectivity index (χ0v) is 14.0. The second-order valence-electron chi connectivity index (χ2n) is 6.58. The third-order valence-corrected chi connectivity index (χ3v) is 4.62. The van der Waals surface area contributed by atoms with E-state index in [0.29, 0.717) is 6.04 Å². The molecule has 2 fully saturated rings. The summed E-state index contributed by atoms with van der Waals surface area (Å²) in [7, 11) is 3.33. The summed E-state index contributed by atoms with van der Waals surface area (Å²) in [6.07, 6.45) is 4.36. The largest absolute Gasteiger partial charge is 0.497 e. The van der Waals surface area contributed by atoms with E-state index in [1.54, 1.807) is 14.2 Å². The van der Waals surface area contributed by atoms with Crippen LogP contribution in [0.25, 0.3) is 0 Å². The highest BCUT2D eigenvalue weighted by Gasteiger charge is 2.30. The quantitative estimate of drug-likeness (QED) is 0.873.